The molecule has 0 spiro atoms. The van der Waals surface area contributed by atoms with E-state index in [-0.39, 0.29) is 5.91 Å². The topological polar surface area (TPSA) is 43.1 Å². The van der Waals surface area contributed by atoms with Gasteiger partial charge in [-0.1, -0.05) is 35.9 Å². The van der Waals surface area contributed by atoms with E-state index in [1.165, 1.54) is 11.1 Å². The second kappa shape index (κ2) is 7.34. The Morgan fingerprint density at radius 1 is 0.933 bits per heavy atom. The standard InChI is InChI=1S/C25H24N4O/c1-18-11-13-21(14-12-18)29-24(27-15-5-6-16-27)23(19(2)26-29)25(30)28-17-7-9-20-8-3-4-10-22(20)28/h3-6,8,10-16H,7,9,17H2,1-2H3. The summed E-state index contributed by atoms with van der Waals surface area (Å²) in [6, 6.07) is 20.3. The molecule has 1 aliphatic rings. The molecule has 5 heteroatoms. The Bertz CT molecular complexity index is 1200. The highest BCUT2D eigenvalue weighted by Gasteiger charge is 2.30. The molecule has 0 radical (unpaired) electrons. The minimum absolute atomic E-state index is 0.00158. The van der Waals surface area contributed by atoms with E-state index in [9.17, 15) is 4.79 Å². The number of anilines is 1. The first kappa shape index (κ1) is 18.4. The van der Waals surface area contributed by atoms with Gasteiger partial charge in [0.15, 0.2) is 5.82 Å². The number of fused-ring (bicyclic) bond motifs is 1. The van der Waals surface area contributed by atoms with Gasteiger partial charge in [-0.25, -0.2) is 4.68 Å². The first-order chi connectivity index (χ1) is 14.6. The van der Waals surface area contributed by atoms with E-state index in [1.54, 1.807) is 0 Å². The van der Waals surface area contributed by atoms with Crippen molar-refractivity contribution in [2.24, 2.45) is 0 Å². The van der Waals surface area contributed by atoms with Gasteiger partial charge < -0.3 is 9.47 Å². The smallest absolute Gasteiger partial charge is 0.263 e. The maximum atomic E-state index is 13.9. The number of rotatable bonds is 3. The summed E-state index contributed by atoms with van der Waals surface area (Å²) in [7, 11) is 0. The van der Waals surface area contributed by atoms with Crippen LogP contribution in [-0.2, 0) is 6.42 Å². The van der Waals surface area contributed by atoms with E-state index in [0.29, 0.717) is 5.56 Å². The average molecular weight is 396 g/mol. The van der Waals surface area contributed by atoms with Crippen LogP contribution in [-0.4, -0.2) is 26.8 Å². The molecule has 2 aromatic heterocycles. The van der Waals surface area contributed by atoms with Gasteiger partial charge in [0.25, 0.3) is 5.91 Å². The van der Waals surface area contributed by atoms with Crippen molar-refractivity contribution in [1.29, 1.82) is 0 Å². The van der Waals surface area contributed by atoms with E-state index < -0.39 is 0 Å². The zero-order valence-corrected chi connectivity index (χ0v) is 17.2. The number of hydrogen-bond donors (Lipinski definition) is 0. The third kappa shape index (κ3) is 3.03. The van der Waals surface area contributed by atoms with Crippen LogP contribution in [0.5, 0.6) is 0 Å². The fraction of sp³-hybridized carbons (Fsp3) is 0.200. The summed E-state index contributed by atoms with van der Waals surface area (Å²) in [5.41, 5.74) is 5.73. The lowest BCUT2D eigenvalue weighted by Gasteiger charge is -2.29. The predicted molar refractivity (Wildman–Crippen MR) is 119 cm³/mol. The highest BCUT2D eigenvalue weighted by Crippen LogP contribution is 2.31. The number of carbonyl (C=O) groups is 1. The van der Waals surface area contributed by atoms with Gasteiger partial charge >= 0.3 is 0 Å². The fourth-order valence-electron chi connectivity index (χ4n) is 4.23. The van der Waals surface area contributed by atoms with Gasteiger partial charge in [0.05, 0.1) is 11.4 Å². The largest absolute Gasteiger partial charge is 0.308 e. The molecule has 0 saturated carbocycles. The monoisotopic (exact) mass is 396 g/mol. The molecular formula is C25H24N4O. The molecular weight excluding hydrogens is 372 g/mol. The second-order valence-corrected chi connectivity index (χ2v) is 7.81. The van der Waals surface area contributed by atoms with Crippen molar-refractivity contribution in [3.8, 4) is 11.5 Å². The van der Waals surface area contributed by atoms with Crippen molar-refractivity contribution in [2.45, 2.75) is 26.7 Å². The van der Waals surface area contributed by atoms with Crippen LogP contribution in [0.25, 0.3) is 11.5 Å². The quantitative estimate of drug-likeness (QED) is 0.496. The van der Waals surface area contributed by atoms with Crippen LogP contribution < -0.4 is 4.90 Å². The minimum atomic E-state index is 0.00158. The maximum Gasteiger partial charge on any atom is 0.263 e. The van der Waals surface area contributed by atoms with E-state index in [2.05, 4.69) is 25.1 Å². The molecule has 1 aliphatic heterocycles. The number of nitrogens with zero attached hydrogens (tertiary/aromatic N) is 4. The molecule has 2 aromatic carbocycles. The van der Waals surface area contributed by atoms with E-state index in [0.717, 1.165) is 42.3 Å². The molecule has 1 amide bonds. The zero-order chi connectivity index (χ0) is 20.7. The summed E-state index contributed by atoms with van der Waals surface area (Å²) in [5, 5.41) is 4.79. The number of aryl methyl sites for hydroxylation is 3. The molecule has 4 aromatic rings. The molecule has 3 heterocycles. The number of hydrogen-bond acceptors (Lipinski definition) is 2. The molecule has 5 nitrogen and oxygen atoms in total. The van der Waals surface area contributed by atoms with Crippen molar-refractivity contribution in [3.05, 3.63) is 95.4 Å². The average Bonchev–Trinajstić information content (AvgIpc) is 3.41. The van der Waals surface area contributed by atoms with E-state index >= 15 is 0 Å². The lowest BCUT2D eigenvalue weighted by molar-refractivity contribution is 0.0984. The van der Waals surface area contributed by atoms with Crippen LogP contribution in [0.4, 0.5) is 5.69 Å². The van der Waals surface area contributed by atoms with Crippen molar-refractivity contribution in [1.82, 2.24) is 14.3 Å². The van der Waals surface area contributed by atoms with E-state index in [4.69, 9.17) is 5.10 Å². The van der Waals surface area contributed by atoms with Crippen LogP contribution >= 0.6 is 0 Å². The lowest BCUT2D eigenvalue weighted by Crippen LogP contribution is -2.36. The summed E-state index contributed by atoms with van der Waals surface area (Å²) >= 11 is 0. The molecule has 5 rings (SSSR count). The van der Waals surface area contributed by atoms with Crippen LogP contribution in [0.1, 0.15) is 33.6 Å². The lowest BCUT2D eigenvalue weighted by atomic mass is 10.0. The SMILES string of the molecule is Cc1ccc(-n2nc(C)c(C(=O)N3CCCc4ccccc43)c2-n2cccc2)cc1. The summed E-state index contributed by atoms with van der Waals surface area (Å²) < 4.78 is 3.85. The molecule has 30 heavy (non-hydrogen) atoms. The Labute approximate surface area is 176 Å². The predicted octanol–water partition coefficient (Wildman–Crippen LogP) is 4.87. The van der Waals surface area contributed by atoms with Gasteiger partial charge in [0.1, 0.15) is 5.56 Å². The first-order valence-electron chi connectivity index (χ1n) is 10.3. The Kier molecular flexibility index (Phi) is 4.51. The third-order valence-electron chi connectivity index (χ3n) is 5.73. The molecule has 0 atom stereocenters. The molecule has 0 fully saturated rings. The summed E-state index contributed by atoms with van der Waals surface area (Å²) in [6.45, 7) is 4.70. The van der Waals surface area contributed by atoms with Gasteiger partial charge in [-0.05, 0) is 62.6 Å². The van der Waals surface area contributed by atoms with Crippen LogP contribution in [0.2, 0.25) is 0 Å². The number of para-hydroxylation sites is 1. The van der Waals surface area contributed by atoms with E-state index in [1.807, 2.05) is 75.9 Å². The molecule has 0 bridgehead atoms. The Balaban J connectivity index is 1.68. The van der Waals surface area contributed by atoms with Gasteiger partial charge in [0, 0.05) is 24.6 Å². The molecule has 0 N–H and O–H groups in total. The van der Waals surface area contributed by atoms with Crippen molar-refractivity contribution < 1.29 is 4.79 Å². The normalized spacial score (nSPS) is 13.3. The number of carbonyl (C=O) groups excluding carboxylic acids is 1. The van der Waals surface area contributed by atoms with Gasteiger partial charge in [0.2, 0.25) is 0 Å². The molecule has 0 aliphatic carbocycles. The maximum absolute atomic E-state index is 13.9. The summed E-state index contributed by atoms with van der Waals surface area (Å²) in [5.74, 6) is 0.774. The summed E-state index contributed by atoms with van der Waals surface area (Å²) in [4.78, 5) is 15.8. The van der Waals surface area contributed by atoms with Crippen molar-refractivity contribution in [2.75, 3.05) is 11.4 Å². The Morgan fingerprint density at radius 3 is 2.43 bits per heavy atom. The Hall–Kier alpha value is -3.60. The number of amides is 1. The molecule has 0 unspecified atom stereocenters. The van der Waals surface area contributed by atoms with Crippen LogP contribution in [0, 0.1) is 13.8 Å². The molecule has 0 saturated heterocycles. The number of benzene rings is 2. The van der Waals surface area contributed by atoms with Gasteiger partial charge in [-0.15, -0.1) is 0 Å². The summed E-state index contributed by atoms with van der Waals surface area (Å²) in [6.07, 6.45) is 5.89. The zero-order valence-electron chi connectivity index (χ0n) is 17.2. The third-order valence-corrected chi connectivity index (χ3v) is 5.73. The Morgan fingerprint density at radius 2 is 1.67 bits per heavy atom. The molecule has 150 valence electrons. The fourth-order valence-corrected chi connectivity index (χ4v) is 4.23. The van der Waals surface area contributed by atoms with Crippen molar-refractivity contribution >= 4 is 11.6 Å². The first-order valence-corrected chi connectivity index (χ1v) is 10.3. The number of aromatic nitrogens is 3. The highest BCUT2D eigenvalue weighted by molar-refractivity contribution is 6.09. The van der Waals surface area contributed by atoms with Crippen molar-refractivity contribution in [3.63, 3.8) is 0 Å². The van der Waals surface area contributed by atoms with Gasteiger partial charge in [-0.2, -0.15) is 5.10 Å². The van der Waals surface area contributed by atoms with Crippen LogP contribution in [0.3, 0.4) is 0 Å². The highest BCUT2D eigenvalue weighted by atomic mass is 16.2. The minimum Gasteiger partial charge on any atom is -0.308 e. The second-order valence-electron chi connectivity index (χ2n) is 7.81. The van der Waals surface area contributed by atoms with Gasteiger partial charge in [-0.3, -0.25) is 4.79 Å². The van der Waals surface area contributed by atoms with Crippen LogP contribution in [0.15, 0.2) is 73.1 Å².